The van der Waals surface area contributed by atoms with Crippen molar-refractivity contribution in [1.29, 1.82) is 0 Å². The highest BCUT2D eigenvalue weighted by molar-refractivity contribution is 5.98. The molecule has 1 amide bonds. The number of rotatable bonds is 4. The quantitative estimate of drug-likeness (QED) is 0.572. The van der Waals surface area contributed by atoms with Gasteiger partial charge in [-0.25, -0.2) is 9.97 Å². The minimum Gasteiger partial charge on any atom is -0.443 e. The summed E-state index contributed by atoms with van der Waals surface area (Å²) < 4.78 is 5.57. The van der Waals surface area contributed by atoms with Crippen LogP contribution >= 0.6 is 0 Å². The number of fused-ring (bicyclic) bond motifs is 1. The number of H-pyrrole nitrogens is 1. The molecule has 0 radical (unpaired) electrons. The van der Waals surface area contributed by atoms with Crippen LogP contribution in [0.5, 0.6) is 0 Å². The van der Waals surface area contributed by atoms with Crippen LogP contribution in [-0.2, 0) is 0 Å². The fourth-order valence-electron chi connectivity index (χ4n) is 3.28. The molecule has 8 heteroatoms. The average molecular weight is 354 g/mol. The van der Waals surface area contributed by atoms with Crippen LogP contribution in [-0.4, -0.2) is 46.5 Å². The van der Waals surface area contributed by atoms with Crippen molar-refractivity contribution in [2.45, 2.75) is 31.8 Å². The molecule has 0 saturated carbocycles. The first-order valence-electron chi connectivity index (χ1n) is 8.79. The Labute approximate surface area is 150 Å². The molecule has 3 aromatic heterocycles. The maximum atomic E-state index is 11.8. The number of hydrogen-bond donors (Lipinski definition) is 4. The number of carbonyl (C=O) groups excluding carboxylic acids is 1. The summed E-state index contributed by atoms with van der Waals surface area (Å²) in [5, 5.41) is 10.7. The van der Waals surface area contributed by atoms with Crippen molar-refractivity contribution in [3.05, 3.63) is 30.4 Å². The van der Waals surface area contributed by atoms with Crippen LogP contribution in [0.3, 0.4) is 0 Å². The Morgan fingerprint density at radius 2 is 2.27 bits per heavy atom. The van der Waals surface area contributed by atoms with Crippen molar-refractivity contribution in [2.75, 3.05) is 18.9 Å². The summed E-state index contributed by atoms with van der Waals surface area (Å²) in [5.74, 6) is 0.0921. The van der Waals surface area contributed by atoms with Crippen molar-refractivity contribution >= 4 is 22.6 Å². The molecule has 0 spiro atoms. The molecule has 8 nitrogen and oxygen atoms in total. The molecule has 26 heavy (non-hydrogen) atoms. The van der Waals surface area contributed by atoms with Gasteiger partial charge in [0.15, 0.2) is 5.69 Å². The van der Waals surface area contributed by atoms with Gasteiger partial charge in [0.2, 0.25) is 5.89 Å². The minimum atomic E-state index is -0.282. The normalized spacial score (nSPS) is 20.2. The predicted molar refractivity (Wildman–Crippen MR) is 99.1 cm³/mol. The largest absolute Gasteiger partial charge is 0.443 e. The molecule has 2 atom stereocenters. The van der Waals surface area contributed by atoms with Crippen LogP contribution in [0.25, 0.3) is 22.5 Å². The molecule has 3 aromatic rings. The van der Waals surface area contributed by atoms with Crippen LogP contribution in [0.1, 0.15) is 30.3 Å². The van der Waals surface area contributed by atoms with Crippen molar-refractivity contribution in [3.63, 3.8) is 0 Å². The Hall–Kier alpha value is -2.87. The standard InChI is InChI=1S/C18H22N6O2/c1-10-3-4-11(7-21-10)23-15-12-5-6-20-16(12)22-8-13(15)18-24-14(9-26-18)17(25)19-2/h5-6,8-11,21H,3-4,7H2,1-2H3,(H,19,25)(H2,20,22,23)/t10-,11+/m0/s1. The summed E-state index contributed by atoms with van der Waals surface area (Å²) in [6.45, 7) is 3.09. The summed E-state index contributed by atoms with van der Waals surface area (Å²) in [6.07, 6.45) is 7.15. The fraction of sp³-hybridized carbons (Fsp3) is 0.389. The molecule has 1 fully saturated rings. The lowest BCUT2D eigenvalue weighted by Gasteiger charge is -2.29. The zero-order chi connectivity index (χ0) is 18.1. The molecule has 4 heterocycles. The van der Waals surface area contributed by atoms with Gasteiger partial charge in [0.1, 0.15) is 11.9 Å². The number of carbonyl (C=O) groups is 1. The third-order valence-corrected chi connectivity index (χ3v) is 4.79. The molecule has 1 aliphatic rings. The highest BCUT2D eigenvalue weighted by atomic mass is 16.3. The van der Waals surface area contributed by atoms with Crippen molar-refractivity contribution in [1.82, 2.24) is 25.6 Å². The highest BCUT2D eigenvalue weighted by Crippen LogP contribution is 2.34. The summed E-state index contributed by atoms with van der Waals surface area (Å²) in [7, 11) is 1.56. The number of oxazole rings is 1. The average Bonchev–Trinajstić information content (AvgIpc) is 3.32. The topological polar surface area (TPSA) is 108 Å². The number of nitrogens with zero attached hydrogens (tertiary/aromatic N) is 2. The number of piperidine rings is 1. The SMILES string of the molecule is CNC(=O)c1coc(-c2cnc3[nH]ccc3c2N[C@@H]2CC[C@H](C)NC2)n1. The van der Waals surface area contributed by atoms with E-state index < -0.39 is 0 Å². The van der Waals surface area contributed by atoms with Gasteiger partial charge in [0.25, 0.3) is 5.91 Å². The van der Waals surface area contributed by atoms with E-state index in [1.807, 2.05) is 12.3 Å². The monoisotopic (exact) mass is 354 g/mol. The van der Waals surface area contributed by atoms with E-state index in [-0.39, 0.29) is 11.6 Å². The second kappa shape index (κ2) is 6.80. The zero-order valence-electron chi connectivity index (χ0n) is 14.8. The molecule has 0 unspecified atom stereocenters. The van der Waals surface area contributed by atoms with Gasteiger partial charge in [-0.15, -0.1) is 0 Å². The fourth-order valence-corrected chi connectivity index (χ4v) is 3.28. The number of hydrogen-bond acceptors (Lipinski definition) is 6. The van der Waals surface area contributed by atoms with Gasteiger partial charge in [0.05, 0.1) is 11.3 Å². The number of pyridine rings is 1. The summed E-state index contributed by atoms with van der Waals surface area (Å²) in [6, 6.07) is 2.83. The van der Waals surface area contributed by atoms with Gasteiger partial charge >= 0.3 is 0 Å². The number of aromatic amines is 1. The Balaban J connectivity index is 1.72. The zero-order valence-corrected chi connectivity index (χ0v) is 14.8. The van der Waals surface area contributed by atoms with Gasteiger partial charge in [-0.1, -0.05) is 0 Å². The number of anilines is 1. The van der Waals surface area contributed by atoms with Gasteiger partial charge < -0.3 is 25.4 Å². The van der Waals surface area contributed by atoms with E-state index in [0.29, 0.717) is 18.0 Å². The summed E-state index contributed by atoms with van der Waals surface area (Å²) >= 11 is 0. The Morgan fingerprint density at radius 3 is 3.04 bits per heavy atom. The Morgan fingerprint density at radius 1 is 1.38 bits per heavy atom. The third kappa shape index (κ3) is 3.03. The van der Waals surface area contributed by atoms with E-state index in [1.54, 1.807) is 13.2 Å². The van der Waals surface area contributed by atoms with Crippen molar-refractivity contribution in [3.8, 4) is 11.5 Å². The molecular weight excluding hydrogens is 332 g/mol. The van der Waals surface area contributed by atoms with Gasteiger partial charge in [-0.3, -0.25) is 4.79 Å². The van der Waals surface area contributed by atoms with Crippen LogP contribution in [0.4, 0.5) is 5.69 Å². The van der Waals surface area contributed by atoms with E-state index in [4.69, 9.17) is 4.42 Å². The van der Waals surface area contributed by atoms with E-state index in [1.165, 1.54) is 6.26 Å². The predicted octanol–water partition coefficient (Wildman–Crippen LogP) is 2.13. The number of amides is 1. The molecule has 0 aliphatic carbocycles. The minimum absolute atomic E-state index is 0.246. The van der Waals surface area contributed by atoms with E-state index in [0.717, 1.165) is 41.7 Å². The van der Waals surface area contributed by atoms with Crippen LogP contribution < -0.4 is 16.0 Å². The van der Waals surface area contributed by atoms with Crippen molar-refractivity contribution < 1.29 is 9.21 Å². The van der Waals surface area contributed by atoms with Gasteiger partial charge in [-0.2, -0.15) is 0 Å². The van der Waals surface area contributed by atoms with Crippen molar-refractivity contribution in [2.24, 2.45) is 0 Å². The molecule has 136 valence electrons. The van der Waals surface area contributed by atoms with Crippen LogP contribution in [0.15, 0.2) is 29.1 Å². The first-order chi connectivity index (χ1) is 12.7. The summed E-state index contributed by atoms with van der Waals surface area (Å²) in [4.78, 5) is 23.7. The van der Waals surface area contributed by atoms with Crippen LogP contribution in [0, 0.1) is 0 Å². The Bertz CT molecular complexity index is 923. The summed E-state index contributed by atoms with van der Waals surface area (Å²) in [5.41, 5.74) is 2.70. The first kappa shape index (κ1) is 16.6. The molecule has 4 N–H and O–H groups in total. The van der Waals surface area contributed by atoms with Gasteiger partial charge in [0, 0.05) is 43.5 Å². The highest BCUT2D eigenvalue weighted by Gasteiger charge is 2.22. The van der Waals surface area contributed by atoms with Gasteiger partial charge in [-0.05, 0) is 25.8 Å². The maximum Gasteiger partial charge on any atom is 0.272 e. The molecule has 4 rings (SSSR count). The molecule has 1 aliphatic heterocycles. The Kier molecular flexibility index (Phi) is 4.34. The van der Waals surface area contributed by atoms with E-state index in [9.17, 15) is 4.79 Å². The van der Waals surface area contributed by atoms with Crippen LogP contribution in [0.2, 0.25) is 0 Å². The van der Waals surface area contributed by atoms with E-state index >= 15 is 0 Å². The number of nitrogens with one attached hydrogen (secondary N) is 4. The lowest BCUT2D eigenvalue weighted by molar-refractivity contribution is 0.0958. The number of aromatic nitrogens is 3. The molecule has 1 saturated heterocycles. The van der Waals surface area contributed by atoms with E-state index in [2.05, 4.69) is 37.8 Å². The lowest BCUT2D eigenvalue weighted by atomic mass is 10.0. The second-order valence-electron chi connectivity index (χ2n) is 6.63. The molecular formula is C18H22N6O2. The first-order valence-corrected chi connectivity index (χ1v) is 8.79. The lowest BCUT2D eigenvalue weighted by Crippen LogP contribution is -2.43. The smallest absolute Gasteiger partial charge is 0.272 e. The molecule has 0 aromatic carbocycles. The third-order valence-electron chi connectivity index (χ3n) is 4.79. The maximum absolute atomic E-state index is 11.8. The second-order valence-corrected chi connectivity index (χ2v) is 6.63. The molecule has 0 bridgehead atoms.